The molecule has 1 unspecified atom stereocenters. The molecule has 2 N–H and O–H groups in total. The van der Waals surface area contributed by atoms with Gasteiger partial charge in [-0.25, -0.2) is 9.78 Å². The van der Waals surface area contributed by atoms with E-state index in [4.69, 9.17) is 23.2 Å². The second-order valence-corrected chi connectivity index (χ2v) is 7.88. The third-order valence-corrected chi connectivity index (χ3v) is 5.70. The molecule has 2 amide bonds. The van der Waals surface area contributed by atoms with Gasteiger partial charge in [0, 0.05) is 43.1 Å². The van der Waals surface area contributed by atoms with Crippen molar-refractivity contribution >= 4 is 46.7 Å². The van der Waals surface area contributed by atoms with Crippen LogP contribution in [-0.2, 0) is 0 Å². The Balaban J connectivity index is 1.53. The number of nitrogens with zero attached hydrogens (tertiary/aromatic N) is 4. The summed E-state index contributed by atoms with van der Waals surface area (Å²) >= 11 is 12.1. The highest BCUT2D eigenvalue weighted by atomic mass is 35.5. The maximum absolute atomic E-state index is 13.0. The highest BCUT2D eigenvalue weighted by molar-refractivity contribution is 6.42. The van der Waals surface area contributed by atoms with Crippen LogP contribution in [0, 0.1) is 6.92 Å². The first-order valence-electron chi connectivity index (χ1n) is 9.38. The maximum atomic E-state index is 13.0. The molecule has 2 fully saturated rings. The second kappa shape index (κ2) is 8.11. The molecular formula is C19H22Cl2N6O. The molecular weight excluding hydrogens is 399 g/mol. The van der Waals surface area contributed by atoms with Gasteiger partial charge in [-0.15, -0.1) is 0 Å². The number of carbonyl (C=O) groups excluding carboxylic acids is 1. The normalized spacial score (nSPS) is 20.0. The average molecular weight is 421 g/mol. The van der Waals surface area contributed by atoms with Gasteiger partial charge in [-0.2, -0.15) is 4.98 Å². The molecule has 0 bridgehead atoms. The number of amides is 2. The van der Waals surface area contributed by atoms with Crippen LogP contribution in [0.4, 0.5) is 22.2 Å². The smallest absolute Gasteiger partial charge is 0.331 e. The zero-order valence-electron chi connectivity index (χ0n) is 15.6. The van der Waals surface area contributed by atoms with Crippen molar-refractivity contribution in [2.45, 2.75) is 25.8 Å². The van der Waals surface area contributed by atoms with E-state index >= 15 is 0 Å². The van der Waals surface area contributed by atoms with Gasteiger partial charge in [0.1, 0.15) is 5.82 Å². The van der Waals surface area contributed by atoms with Crippen LogP contribution >= 0.6 is 23.2 Å². The van der Waals surface area contributed by atoms with E-state index in [2.05, 4.69) is 20.6 Å². The van der Waals surface area contributed by atoms with Crippen LogP contribution in [0.2, 0.25) is 10.0 Å². The molecule has 0 spiro atoms. The van der Waals surface area contributed by atoms with Crippen LogP contribution in [0.3, 0.4) is 0 Å². The number of halogens is 2. The predicted molar refractivity (Wildman–Crippen MR) is 113 cm³/mol. The summed E-state index contributed by atoms with van der Waals surface area (Å²) in [5, 5.41) is 7.72. The fourth-order valence-electron chi connectivity index (χ4n) is 3.55. The molecule has 1 aromatic heterocycles. The summed E-state index contributed by atoms with van der Waals surface area (Å²) in [4.78, 5) is 25.3. The van der Waals surface area contributed by atoms with Gasteiger partial charge in [0.15, 0.2) is 0 Å². The summed E-state index contributed by atoms with van der Waals surface area (Å²) in [6.45, 7) is 4.91. The first kappa shape index (κ1) is 19.2. The van der Waals surface area contributed by atoms with E-state index in [0.717, 1.165) is 37.4 Å². The third kappa shape index (κ3) is 4.01. The van der Waals surface area contributed by atoms with Gasteiger partial charge in [-0.3, -0.25) is 9.80 Å². The molecule has 0 saturated carbocycles. The van der Waals surface area contributed by atoms with Crippen molar-refractivity contribution in [2.75, 3.05) is 41.3 Å². The second-order valence-electron chi connectivity index (χ2n) is 7.07. The SMILES string of the molecule is Cc1cc(NC2CCCNC2)nc(N2CCN(c3ccc(Cl)c(Cl)c3)C2=O)n1. The van der Waals surface area contributed by atoms with Gasteiger partial charge in [0.25, 0.3) is 0 Å². The lowest BCUT2D eigenvalue weighted by molar-refractivity contribution is 0.255. The summed E-state index contributed by atoms with van der Waals surface area (Å²) in [6, 6.07) is 7.25. The predicted octanol–water partition coefficient (Wildman–Crippen LogP) is 3.70. The van der Waals surface area contributed by atoms with E-state index in [1.807, 2.05) is 13.0 Å². The number of nitrogens with one attached hydrogen (secondary N) is 2. The Morgan fingerprint density at radius 1 is 1.14 bits per heavy atom. The Bertz CT molecular complexity index is 887. The largest absolute Gasteiger partial charge is 0.366 e. The molecule has 2 aliphatic heterocycles. The molecule has 0 radical (unpaired) electrons. The molecule has 3 heterocycles. The lowest BCUT2D eigenvalue weighted by Gasteiger charge is -2.25. The van der Waals surface area contributed by atoms with E-state index in [0.29, 0.717) is 40.8 Å². The third-order valence-electron chi connectivity index (χ3n) is 4.96. The van der Waals surface area contributed by atoms with Crippen molar-refractivity contribution in [3.63, 3.8) is 0 Å². The Labute approximate surface area is 174 Å². The summed E-state index contributed by atoms with van der Waals surface area (Å²) in [7, 11) is 0. The van der Waals surface area contributed by atoms with E-state index in [9.17, 15) is 4.79 Å². The lowest BCUT2D eigenvalue weighted by Crippen LogP contribution is -2.39. The van der Waals surface area contributed by atoms with Crippen LogP contribution in [0.25, 0.3) is 0 Å². The molecule has 4 rings (SSSR count). The molecule has 2 aliphatic rings. The van der Waals surface area contributed by atoms with Crippen molar-refractivity contribution in [1.82, 2.24) is 15.3 Å². The van der Waals surface area contributed by atoms with Gasteiger partial charge in [-0.05, 0) is 44.5 Å². The van der Waals surface area contributed by atoms with E-state index in [1.165, 1.54) is 0 Å². The highest BCUT2D eigenvalue weighted by Crippen LogP contribution is 2.30. The molecule has 1 atom stereocenters. The summed E-state index contributed by atoms with van der Waals surface area (Å²) in [5.74, 6) is 1.16. The number of anilines is 3. The molecule has 1 aromatic carbocycles. The Morgan fingerprint density at radius 2 is 1.96 bits per heavy atom. The van der Waals surface area contributed by atoms with Crippen molar-refractivity contribution < 1.29 is 4.79 Å². The quantitative estimate of drug-likeness (QED) is 0.788. The van der Waals surface area contributed by atoms with Crippen LogP contribution in [0.1, 0.15) is 18.5 Å². The van der Waals surface area contributed by atoms with Gasteiger partial charge in [-0.1, -0.05) is 23.2 Å². The van der Waals surface area contributed by atoms with Gasteiger partial charge in [0.2, 0.25) is 5.95 Å². The average Bonchev–Trinajstić information content (AvgIpc) is 3.06. The molecule has 2 saturated heterocycles. The minimum atomic E-state index is -0.172. The number of rotatable bonds is 4. The first-order chi connectivity index (χ1) is 13.5. The zero-order valence-corrected chi connectivity index (χ0v) is 17.1. The number of hydrogen-bond donors (Lipinski definition) is 2. The van der Waals surface area contributed by atoms with Crippen molar-refractivity contribution in [1.29, 1.82) is 0 Å². The zero-order chi connectivity index (χ0) is 19.7. The van der Waals surface area contributed by atoms with Crippen molar-refractivity contribution in [3.8, 4) is 0 Å². The number of urea groups is 1. The summed E-state index contributed by atoms with van der Waals surface area (Å²) in [5.41, 5.74) is 1.53. The lowest BCUT2D eigenvalue weighted by atomic mass is 10.1. The fourth-order valence-corrected chi connectivity index (χ4v) is 3.84. The van der Waals surface area contributed by atoms with Crippen molar-refractivity contribution in [3.05, 3.63) is 40.0 Å². The maximum Gasteiger partial charge on any atom is 0.331 e. The Morgan fingerprint density at radius 3 is 2.71 bits per heavy atom. The van der Waals surface area contributed by atoms with E-state index < -0.39 is 0 Å². The van der Waals surface area contributed by atoms with E-state index in [1.54, 1.807) is 28.0 Å². The topological polar surface area (TPSA) is 73.4 Å². The number of carbonyl (C=O) groups is 1. The van der Waals surface area contributed by atoms with Crippen LogP contribution in [0.5, 0.6) is 0 Å². The number of hydrogen-bond acceptors (Lipinski definition) is 5. The Kier molecular flexibility index (Phi) is 5.57. The summed E-state index contributed by atoms with van der Waals surface area (Å²) < 4.78 is 0. The fraction of sp³-hybridized carbons (Fsp3) is 0.421. The van der Waals surface area contributed by atoms with Crippen LogP contribution in [0.15, 0.2) is 24.3 Å². The molecule has 7 nitrogen and oxygen atoms in total. The number of aryl methyl sites for hydroxylation is 1. The number of benzene rings is 1. The summed E-state index contributed by atoms with van der Waals surface area (Å²) in [6.07, 6.45) is 2.23. The van der Waals surface area contributed by atoms with Crippen molar-refractivity contribution in [2.24, 2.45) is 0 Å². The molecule has 0 aliphatic carbocycles. The van der Waals surface area contributed by atoms with Gasteiger partial charge < -0.3 is 10.6 Å². The molecule has 9 heteroatoms. The standard InChI is InChI=1S/C19H22Cl2N6O/c1-12-9-17(24-13-3-2-6-22-11-13)25-18(23-12)27-8-7-26(19(27)28)14-4-5-15(20)16(21)10-14/h4-5,9-10,13,22H,2-3,6-8,11H2,1H3,(H,23,24,25). The van der Waals surface area contributed by atoms with Crippen LogP contribution in [-0.4, -0.2) is 48.2 Å². The number of aromatic nitrogens is 2. The first-order valence-corrected chi connectivity index (χ1v) is 10.1. The van der Waals surface area contributed by atoms with E-state index in [-0.39, 0.29) is 6.03 Å². The monoisotopic (exact) mass is 420 g/mol. The Hall–Kier alpha value is -2.09. The minimum absolute atomic E-state index is 0.172. The molecule has 28 heavy (non-hydrogen) atoms. The van der Waals surface area contributed by atoms with Crippen LogP contribution < -0.4 is 20.4 Å². The minimum Gasteiger partial charge on any atom is -0.366 e. The molecule has 148 valence electrons. The van der Waals surface area contributed by atoms with Gasteiger partial charge in [0.05, 0.1) is 10.0 Å². The highest BCUT2D eigenvalue weighted by Gasteiger charge is 2.33. The number of piperidine rings is 1. The van der Waals surface area contributed by atoms with Gasteiger partial charge >= 0.3 is 6.03 Å². The molecule has 2 aromatic rings.